The van der Waals surface area contributed by atoms with E-state index in [9.17, 15) is 9.90 Å². The van der Waals surface area contributed by atoms with Crippen LogP contribution in [0.3, 0.4) is 0 Å². The number of hydrogen-bond donors (Lipinski definition) is 1. The monoisotopic (exact) mass is 397 g/mol. The first-order chi connectivity index (χ1) is 14.1. The van der Waals surface area contributed by atoms with Crippen LogP contribution in [0.15, 0.2) is 83.7 Å². The lowest BCUT2D eigenvalue weighted by atomic mass is 10.0. The predicted molar refractivity (Wildman–Crippen MR) is 121 cm³/mol. The van der Waals surface area contributed by atoms with E-state index in [0.29, 0.717) is 17.4 Å². The maximum absolute atomic E-state index is 12.8. The minimum atomic E-state index is -0.158. The zero-order valence-corrected chi connectivity index (χ0v) is 16.7. The summed E-state index contributed by atoms with van der Waals surface area (Å²) in [4.78, 5) is 14.0. The summed E-state index contributed by atoms with van der Waals surface area (Å²) in [6, 6.07) is 26.3. The normalized spacial score (nSPS) is 11.3. The fourth-order valence-corrected chi connectivity index (χ4v) is 4.88. The number of pyridine rings is 1. The van der Waals surface area contributed by atoms with Gasteiger partial charge in [-0.3, -0.25) is 4.79 Å². The quantitative estimate of drug-likeness (QED) is 0.423. The van der Waals surface area contributed by atoms with Crippen molar-refractivity contribution < 1.29 is 5.11 Å². The highest BCUT2D eigenvalue weighted by molar-refractivity contribution is 7.22. The third-order valence-electron chi connectivity index (χ3n) is 5.41. The number of aryl methyl sites for hydroxylation is 1. The van der Waals surface area contributed by atoms with Crippen LogP contribution < -0.4 is 5.56 Å². The van der Waals surface area contributed by atoms with Crippen molar-refractivity contribution >= 4 is 32.3 Å². The molecule has 3 nitrogen and oxygen atoms in total. The minimum Gasteiger partial charge on any atom is -0.507 e. The Morgan fingerprint density at radius 3 is 2.45 bits per heavy atom. The molecule has 0 fully saturated rings. The van der Waals surface area contributed by atoms with Gasteiger partial charge >= 0.3 is 0 Å². The van der Waals surface area contributed by atoms with Gasteiger partial charge in [0, 0.05) is 28.4 Å². The van der Waals surface area contributed by atoms with Crippen molar-refractivity contribution in [1.29, 1.82) is 0 Å². The Labute approximate surface area is 172 Å². The Balaban J connectivity index is 1.51. The molecule has 5 rings (SSSR count). The van der Waals surface area contributed by atoms with Crippen molar-refractivity contribution in [1.82, 2.24) is 4.57 Å². The van der Waals surface area contributed by atoms with Crippen molar-refractivity contribution in [3.63, 3.8) is 0 Å². The molecule has 0 bridgehead atoms. The van der Waals surface area contributed by atoms with Gasteiger partial charge in [0.05, 0.1) is 11.1 Å². The smallest absolute Gasteiger partial charge is 0.258 e. The number of fused-ring (bicyclic) bond motifs is 2. The van der Waals surface area contributed by atoms with Crippen LogP contribution in [0.5, 0.6) is 5.75 Å². The van der Waals surface area contributed by atoms with Gasteiger partial charge in [-0.15, -0.1) is 11.3 Å². The molecule has 29 heavy (non-hydrogen) atoms. The minimum absolute atomic E-state index is 0.0808. The van der Waals surface area contributed by atoms with Gasteiger partial charge in [-0.1, -0.05) is 54.6 Å². The molecule has 0 spiro atoms. The number of aromatic hydroxyl groups is 1. The first-order valence-corrected chi connectivity index (χ1v) is 10.3. The Bertz CT molecular complexity index is 1380. The van der Waals surface area contributed by atoms with Crippen LogP contribution in [-0.4, -0.2) is 9.67 Å². The number of nitrogens with zero attached hydrogens (tertiary/aromatic N) is 1. The zero-order valence-electron chi connectivity index (χ0n) is 15.9. The van der Waals surface area contributed by atoms with Crippen molar-refractivity contribution in [2.75, 3.05) is 0 Å². The molecule has 2 aromatic heterocycles. The lowest BCUT2D eigenvalue weighted by Crippen LogP contribution is -2.21. The number of benzene rings is 3. The highest BCUT2D eigenvalue weighted by Gasteiger charge is 2.15. The molecule has 0 aliphatic rings. The van der Waals surface area contributed by atoms with E-state index in [0.717, 1.165) is 16.6 Å². The highest BCUT2D eigenvalue weighted by Crippen LogP contribution is 2.34. The molecule has 0 atom stereocenters. The number of thiophene rings is 1. The van der Waals surface area contributed by atoms with Crippen LogP contribution in [0.2, 0.25) is 0 Å². The first-order valence-electron chi connectivity index (χ1n) is 9.49. The molecule has 0 saturated heterocycles. The highest BCUT2D eigenvalue weighted by atomic mass is 32.1. The third-order valence-corrected chi connectivity index (χ3v) is 6.58. The zero-order chi connectivity index (χ0) is 20.0. The third kappa shape index (κ3) is 3.02. The fraction of sp³-hybridized carbons (Fsp3) is 0.0800. The molecule has 0 unspecified atom stereocenters. The first kappa shape index (κ1) is 17.7. The standard InChI is InChI=1S/C25H19NO2S/c1-26-21-8-4-3-7-19(21)24(27)20(25(26)28)14-16-10-12-17(13-11-16)23-15-18-6-2-5-9-22(18)29-23/h2-13,15,27H,14H2,1H3. The average molecular weight is 397 g/mol. The number of aromatic nitrogens is 1. The maximum atomic E-state index is 12.8. The van der Waals surface area contributed by atoms with Crippen LogP contribution in [-0.2, 0) is 13.5 Å². The van der Waals surface area contributed by atoms with E-state index in [1.54, 1.807) is 23.0 Å². The maximum Gasteiger partial charge on any atom is 0.258 e. The van der Waals surface area contributed by atoms with E-state index in [4.69, 9.17) is 0 Å². The van der Waals surface area contributed by atoms with Crippen LogP contribution in [0.25, 0.3) is 31.4 Å². The lowest BCUT2D eigenvalue weighted by Gasteiger charge is -2.12. The lowest BCUT2D eigenvalue weighted by molar-refractivity contribution is 0.473. The summed E-state index contributed by atoms with van der Waals surface area (Å²) >= 11 is 1.78. The van der Waals surface area contributed by atoms with Crippen LogP contribution >= 0.6 is 11.3 Å². The van der Waals surface area contributed by atoms with E-state index < -0.39 is 0 Å². The van der Waals surface area contributed by atoms with Crippen molar-refractivity contribution in [3.05, 3.63) is 100 Å². The average Bonchev–Trinajstić information content (AvgIpc) is 3.20. The van der Waals surface area contributed by atoms with Gasteiger partial charge in [0.1, 0.15) is 5.75 Å². The van der Waals surface area contributed by atoms with E-state index in [1.807, 2.05) is 36.4 Å². The summed E-state index contributed by atoms with van der Waals surface area (Å²) in [5.74, 6) is 0.0808. The van der Waals surface area contributed by atoms with Crippen molar-refractivity contribution in [2.45, 2.75) is 6.42 Å². The van der Waals surface area contributed by atoms with E-state index in [2.05, 4.69) is 42.5 Å². The van der Waals surface area contributed by atoms with Gasteiger partial charge in [-0.05, 0) is 40.8 Å². The number of para-hydroxylation sites is 1. The van der Waals surface area contributed by atoms with Crippen molar-refractivity contribution in [2.24, 2.45) is 7.05 Å². The van der Waals surface area contributed by atoms with Crippen LogP contribution in [0.1, 0.15) is 11.1 Å². The summed E-state index contributed by atoms with van der Waals surface area (Å²) in [5, 5.41) is 12.7. The van der Waals surface area contributed by atoms with Crippen LogP contribution in [0.4, 0.5) is 0 Å². The van der Waals surface area contributed by atoms with Gasteiger partial charge in [-0.25, -0.2) is 0 Å². The molecule has 1 N–H and O–H groups in total. The van der Waals surface area contributed by atoms with Crippen molar-refractivity contribution in [3.8, 4) is 16.2 Å². The second-order valence-corrected chi connectivity index (χ2v) is 8.31. The summed E-state index contributed by atoms with van der Waals surface area (Å²) < 4.78 is 2.88. The summed E-state index contributed by atoms with van der Waals surface area (Å²) in [7, 11) is 1.75. The second kappa shape index (κ2) is 6.90. The van der Waals surface area contributed by atoms with E-state index in [1.165, 1.54) is 15.0 Å². The Morgan fingerprint density at radius 1 is 0.931 bits per heavy atom. The molecule has 0 saturated carbocycles. The van der Waals surface area contributed by atoms with Gasteiger partial charge in [0.25, 0.3) is 5.56 Å². The Morgan fingerprint density at radius 2 is 1.66 bits per heavy atom. The van der Waals surface area contributed by atoms with Crippen LogP contribution in [0, 0.1) is 0 Å². The van der Waals surface area contributed by atoms with Gasteiger partial charge < -0.3 is 9.67 Å². The molecule has 2 heterocycles. The Hall–Kier alpha value is -3.37. The molecule has 142 valence electrons. The second-order valence-electron chi connectivity index (χ2n) is 7.23. The molecule has 0 aliphatic heterocycles. The largest absolute Gasteiger partial charge is 0.507 e. The van der Waals surface area contributed by atoms with E-state index in [-0.39, 0.29) is 11.3 Å². The van der Waals surface area contributed by atoms with E-state index >= 15 is 0 Å². The van der Waals surface area contributed by atoms with Gasteiger partial charge in [-0.2, -0.15) is 0 Å². The Kier molecular flexibility index (Phi) is 4.22. The van der Waals surface area contributed by atoms with Gasteiger partial charge in [0.15, 0.2) is 0 Å². The SMILES string of the molecule is Cn1c(=O)c(Cc2ccc(-c3cc4ccccc4s3)cc2)c(O)c2ccccc21. The fourth-order valence-electron chi connectivity index (χ4n) is 3.82. The molecule has 0 amide bonds. The summed E-state index contributed by atoms with van der Waals surface area (Å²) in [6.07, 6.45) is 0.399. The molecule has 3 aromatic carbocycles. The molecule has 0 radical (unpaired) electrons. The predicted octanol–water partition coefficient (Wildman–Crippen LogP) is 5.72. The number of hydrogen-bond acceptors (Lipinski definition) is 3. The topological polar surface area (TPSA) is 42.2 Å². The summed E-state index contributed by atoms with van der Waals surface area (Å²) in [6.45, 7) is 0. The summed E-state index contributed by atoms with van der Waals surface area (Å²) in [5.41, 5.74) is 3.16. The molecule has 5 aromatic rings. The molecule has 0 aliphatic carbocycles. The molecular weight excluding hydrogens is 378 g/mol. The van der Waals surface area contributed by atoms with Gasteiger partial charge in [0.2, 0.25) is 0 Å². The molecule has 4 heteroatoms. The number of rotatable bonds is 3. The molecular formula is C25H19NO2S.